The molecule has 0 radical (unpaired) electrons. The van der Waals surface area contributed by atoms with Gasteiger partial charge in [-0.15, -0.1) is 0 Å². The Morgan fingerprint density at radius 1 is 1.00 bits per heavy atom. The van der Waals surface area contributed by atoms with Gasteiger partial charge in [-0.05, 0) is 52.2 Å². The number of rotatable bonds is 7. The van der Waals surface area contributed by atoms with Gasteiger partial charge >= 0.3 is 0 Å². The summed E-state index contributed by atoms with van der Waals surface area (Å²) in [4.78, 5) is 12.3. The molecule has 0 aliphatic carbocycles. The predicted molar refractivity (Wildman–Crippen MR) is 102 cm³/mol. The number of benzene rings is 1. The maximum absolute atomic E-state index is 12.3. The smallest absolute Gasteiger partial charge is 0.198 e. The van der Waals surface area contributed by atoms with Crippen LogP contribution in [-0.2, 0) is 0 Å². The highest BCUT2D eigenvalue weighted by Gasteiger charge is 2.13. The van der Waals surface area contributed by atoms with Gasteiger partial charge < -0.3 is 4.42 Å². The summed E-state index contributed by atoms with van der Waals surface area (Å²) in [6.07, 6.45) is 7.59. The van der Waals surface area contributed by atoms with E-state index in [1.807, 2.05) is 0 Å². The van der Waals surface area contributed by atoms with Gasteiger partial charge in [0.25, 0.3) is 0 Å². The zero-order valence-electron chi connectivity index (χ0n) is 14.3. The number of hydrogen-bond donors (Lipinski definition) is 0. The van der Waals surface area contributed by atoms with Gasteiger partial charge in [-0.1, -0.05) is 46.5 Å². The van der Waals surface area contributed by atoms with E-state index in [9.17, 15) is 4.79 Å². The fraction of sp³-hybridized carbons (Fsp3) is 0.350. The Morgan fingerprint density at radius 2 is 1.67 bits per heavy atom. The van der Waals surface area contributed by atoms with Gasteiger partial charge in [-0.25, -0.2) is 0 Å². The molecule has 1 aromatic heterocycles. The van der Waals surface area contributed by atoms with Gasteiger partial charge in [-0.3, -0.25) is 4.79 Å². The number of carbonyl (C=O) groups excluding carboxylic acids is 1. The van der Waals surface area contributed by atoms with Crippen LogP contribution < -0.4 is 0 Å². The Bertz CT molecular complexity index is 754. The van der Waals surface area contributed by atoms with Crippen LogP contribution >= 0.6 is 23.2 Å². The van der Waals surface area contributed by atoms with Crippen molar-refractivity contribution >= 4 is 40.0 Å². The molecule has 0 bridgehead atoms. The van der Waals surface area contributed by atoms with Crippen LogP contribution in [0.25, 0.3) is 11.0 Å². The Labute approximate surface area is 153 Å². The Hall–Kier alpha value is -1.51. The van der Waals surface area contributed by atoms with Crippen molar-refractivity contribution in [1.82, 2.24) is 0 Å². The maximum Gasteiger partial charge on any atom is 0.198 e. The van der Waals surface area contributed by atoms with Gasteiger partial charge in [0.1, 0.15) is 5.58 Å². The van der Waals surface area contributed by atoms with Crippen LogP contribution in [0.3, 0.4) is 0 Å². The van der Waals surface area contributed by atoms with E-state index in [0.717, 1.165) is 24.6 Å². The number of ketones is 1. The van der Waals surface area contributed by atoms with Crippen molar-refractivity contribution in [3.8, 4) is 0 Å². The predicted octanol–water partition coefficient (Wildman–Crippen LogP) is 7.40. The highest BCUT2D eigenvalue weighted by atomic mass is 35.5. The second-order valence-corrected chi connectivity index (χ2v) is 7.06. The quantitative estimate of drug-likeness (QED) is 0.378. The lowest BCUT2D eigenvalue weighted by atomic mass is 10.1. The molecule has 0 aliphatic heterocycles. The molecule has 2 rings (SSSR count). The summed E-state index contributed by atoms with van der Waals surface area (Å²) < 4.78 is 5.59. The van der Waals surface area contributed by atoms with Crippen molar-refractivity contribution in [2.24, 2.45) is 0 Å². The highest BCUT2D eigenvalue weighted by molar-refractivity contribution is 6.42. The molecule has 1 heterocycles. The second kappa shape index (κ2) is 8.55. The number of fused-ring (bicyclic) bond motifs is 1. The lowest BCUT2D eigenvalue weighted by Gasteiger charge is -1.99. The van der Waals surface area contributed by atoms with Crippen molar-refractivity contribution in [3.05, 3.63) is 57.3 Å². The molecule has 1 aromatic carbocycles. The van der Waals surface area contributed by atoms with Crippen LogP contribution in [0.15, 0.2) is 45.9 Å². The third-order valence-electron chi connectivity index (χ3n) is 3.79. The first-order valence-corrected chi connectivity index (χ1v) is 8.83. The summed E-state index contributed by atoms with van der Waals surface area (Å²) in [5, 5.41) is 1.67. The molecule has 0 saturated heterocycles. The van der Waals surface area contributed by atoms with E-state index in [-0.39, 0.29) is 5.78 Å². The number of carbonyl (C=O) groups is 1. The molecular formula is C20H22Cl2O2. The number of Topliss-reactive ketones (excluding diaryl/α,β-unsaturated/α-hetero) is 1. The molecule has 0 aliphatic rings. The SMILES string of the molecule is CC(C)=CCC/C(C)=C/CCC(=O)c1cc2cc(Cl)c(Cl)cc2o1. The van der Waals surface area contributed by atoms with Gasteiger partial charge in [0.2, 0.25) is 0 Å². The standard InChI is InChI=1S/C20H22Cl2O2/c1-13(2)6-4-7-14(3)8-5-9-18(23)20-11-15-10-16(21)17(22)12-19(15)24-20/h6,8,10-12H,4-5,7,9H2,1-3H3/b14-8+. The van der Waals surface area contributed by atoms with E-state index < -0.39 is 0 Å². The minimum atomic E-state index is -0.00760. The molecule has 0 amide bonds. The summed E-state index contributed by atoms with van der Waals surface area (Å²) in [5.41, 5.74) is 3.23. The molecule has 0 spiro atoms. The fourth-order valence-corrected chi connectivity index (χ4v) is 2.76. The molecule has 0 atom stereocenters. The van der Waals surface area contributed by atoms with Crippen molar-refractivity contribution in [3.63, 3.8) is 0 Å². The van der Waals surface area contributed by atoms with Crippen LogP contribution in [0, 0.1) is 0 Å². The van der Waals surface area contributed by atoms with Crippen molar-refractivity contribution in [2.45, 2.75) is 46.5 Å². The first kappa shape index (κ1) is 18.8. The molecule has 4 heteroatoms. The molecule has 24 heavy (non-hydrogen) atoms. The maximum atomic E-state index is 12.3. The normalized spacial score (nSPS) is 11.8. The molecule has 2 nitrogen and oxygen atoms in total. The summed E-state index contributed by atoms with van der Waals surface area (Å²) >= 11 is 12.0. The first-order valence-electron chi connectivity index (χ1n) is 8.07. The number of halogens is 2. The van der Waals surface area contributed by atoms with Gasteiger partial charge in [0, 0.05) is 17.9 Å². The minimum absolute atomic E-state index is 0.00760. The van der Waals surface area contributed by atoms with Crippen LogP contribution in [0.2, 0.25) is 10.0 Å². The van der Waals surface area contributed by atoms with Crippen LogP contribution in [0.5, 0.6) is 0 Å². The molecule has 0 fully saturated rings. The average Bonchev–Trinajstić information content (AvgIpc) is 2.90. The lowest BCUT2D eigenvalue weighted by molar-refractivity contribution is 0.0959. The Balaban J connectivity index is 1.94. The van der Waals surface area contributed by atoms with E-state index in [1.165, 1.54) is 11.1 Å². The van der Waals surface area contributed by atoms with E-state index in [0.29, 0.717) is 27.8 Å². The van der Waals surface area contributed by atoms with Gasteiger partial charge in [0.15, 0.2) is 11.5 Å². The van der Waals surface area contributed by atoms with Gasteiger partial charge in [-0.2, -0.15) is 0 Å². The number of allylic oxidation sites excluding steroid dienone is 4. The van der Waals surface area contributed by atoms with E-state index in [2.05, 4.69) is 32.9 Å². The number of furan rings is 1. The van der Waals surface area contributed by atoms with Crippen molar-refractivity contribution in [2.75, 3.05) is 0 Å². The fourth-order valence-electron chi connectivity index (χ4n) is 2.44. The summed E-state index contributed by atoms with van der Waals surface area (Å²) in [7, 11) is 0. The summed E-state index contributed by atoms with van der Waals surface area (Å²) in [6, 6.07) is 5.08. The topological polar surface area (TPSA) is 30.2 Å². The first-order chi connectivity index (χ1) is 11.4. The van der Waals surface area contributed by atoms with Crippen LogP contribution in [0.4, 0.5) is 0 Å². The molecular weight excluding hydrogens is 343 g/mol. The second-order valence-electron chi connectivity index (χ2n) is 6.25. The van der Waals surface area contributed by atoms with Crippen molar-refractivity contribution < 1.29 is 9.21 Å². The third kappa shape index (κ3) is 5.25. The third-order valence-corrected chi connectivity index (χ3v) is 4.51. The Morgan fingerprint density at radius 3 is 2.38 bits per heavy atom. The molecule has 0 N–H and O–H groups in total. The minimum Gasteiger partial charge on any atom is -0.453 e. The molecule has 0 unspecified atom stereocenters. The lowest BCUT2D eigenvalue weighted by Crippen LogP contribution is -1.95. The van der Waals surface area contributed by atoms with Crippen LogP contribution in [0.1, 0.15) is 57.0 Å². The van der Waals surface area contributed by atoms with E-state index >= 15 is 0 Å². The number of hydrogen-bond acceptors (Lipinski definition) is 2. The average molecular weight is 365 g/mol. The van der Waals surface area contributed by atoms with E-state index in [4.69, 9.17) is 27.6 Å². The molecule has 0 saturated carbocycles. The van der Waals surface area contributed by atoms with Crippen molar-refractivity contribution in [1.29, 1.82) is 0 Å². The zero-order chi connectivity index (χ0) is 17.7. The molecule has 2 aromatic rings. The summed E-state index contributed by atoms with van der Waals surface area (Å²) in [5.74, 6) is 0.353. The largest absolute Gasteiger partial charge is 0.453 e. The summed E-state index contributed by atoms with van der Waals surface area (Å²) in [6.45, 7) is 6.31. The molecule has 128 valence electrons. The van der Waals surface area contributed by atoms with Gasteiger partial charge in [0.05, 0.1) is 10.0 Å². The highest BCUT2D eigenvalue weighted by Crippen LogP contribution is 2.30. The van der Waals surface area contributed by atoms with Crippen LogP contribution in [-0.4, -0.2) is 5.78 Å². The monoisotopic (exact) mass is 364 g/mol. The Kier molecular flexibility index (Phi) is 6.70. The van der Waals surface area contributed by atoms with E-state index in [1.54, 1.807) is 18.2 Å². The zero-order valence-corrected chi connectivity index (χ0v) is 15.8.